The molecule has 0 heterocycles. The van der Waals surface area contributed by atoms with E-state index in [0.29, 0.717) is 0 Å². The van der Waals surface area contributed by atoms with E-state index in [9.17, 15) is 0 Å². The maximum absolute atomic E-state index is 5.14. The van der Waals surface area contributed by atoms with Crippen molar-refractivity contribution in [2.75, 3.05) is 5.43 Å². The van der Waals surface area contributed by atoms with E-state index in [2.05, 4.69) is 33.3 Å². The van der Waals surface area contributed by atoms with Gasteiger partial charge in [0.15, 0.2) is 5.11 Å². The summed E-state index contributed by atoms with van der Waals surface area (Å²) in [7, 11) is 0. The van der Waals surface area contributed by atoms with Crippen LogP contribution in [0.3, 0.4) is 0 Å². The van der Waals surface area contributed by atoms with E-state index in [1.165, 1.54) is 12.4 Å². The van der Waals surface area contributed by atoms with Gasteiger partial charge in [-0.25, -0.2) is 0 Å². The van der Waals surface area contributed by atoms with Crippen molar-refractivity contribution < 1.29 is 0 Å². The van der Waals surface area contributed by atoms with Crippen molar-refractivity contribution in [3.05, 3.63) is 30.3 Å². The van der Waals surface area contributed by atoms with Crippen molar-refractivity contribution in [2.24, 2.45) is 15.9 Å². The third-order valence-electron chi connectivity index (χ3n) is 1.36. The van der Waals surface area contributed by atoms with Gasteiger partial charge in [-0.3, -0.25) is 10.9 Å². The molecule has 0 aliphatic heterocycles. The number of thiocarbonyl (C=S) groups is 1. The lowest BCUT2D eigenvalue weighted by Gasteiger charge is -1.96. The fourth-order valence-electron chi connectivity index (χ4n) is 0.792. The van der Waals surface area contributed by atoms with Crippen LogP contribution in [0.5, 0.6) is 0 Å². The molecule has 0 atom stereocenters. The highest BCUT2D eigenvalue weighted by Gasteiger charge is 1.82. The lowest BCUT2D eigenvalue weighted by molar-refractivity contribution is 1.05. The Balaban J connectivity index is 2.28. The molecule has 1 aromatic carbocycles. The Hall–Kier alpha value is -1.95. The Morgan fingerprint density at radius 2 is 1.87 bits per heavy atom. The van der Waals surface area contributed by atoms with Crippen molar-refractivity contribution in [3.8, 4) is 0 Å². The number of anilines is 1. The van der Waals surface area contributed by atoms with Gasteiger partial charge in [-0.1, -0.05) is 18.2 Å². The summed E-state index contributed by atoms with van der Waals surface area (Å²) in [6.45, 7) is 0. The van der Waals surface area contributed by atoms with Crippen molar-refractivity contribution in [1.29, 1.82) is 0 Å². The first-order valence-corrected chi connectivity index (χ1v) is 4.61. The smallest absolute Gasteiger partial charge is 0.184 e. The molecule has 0 fully saturated rings. The molecule has 0 amide bonds. The number of nitrogens with zero attached hydrogens (tertiary/aromatic N) is 2. The molecule has 6 heteroatoms. The standard InChI is InChI=1S/C9H11N5S/c10-9(15)14-12-7-6-11-13-8-4-2-1-3-5-8/h1-7,13H,(H3,10,14,15). The number of hydrogen-bond donors (Lipinski definition) is 3. The summed E-state index contributed by atoms with van der Waals surface area (Å²) >= 11 is 4.54. The third kappa shape index (κ3) is 5.37. The SMILES string of the molecule is NC(=S)NN=CC=NNc1ccccc1. The molecule has 0 aliphatic carbocycles. The van der Waals surface area contributed by atoms with E-state index in [1.807, 2.05) is 30.3 Å². The number of hydrazone groups is 2. The summed E-state index contributed by atoms with van der Waals surface area (Å²) in [5, 5.41) is 7.68. The molecule has 0 aromatic heterocycles. The van der Waals surface area contributed by atoms with Crippen LogP contribution in [-0.4, -0.2) is 17.5 Å². The van der Waals surface area contributed by atoms with Crippen molar-refractivity contribution in [1.82, 2.24) is 5.43 Å². The van der Waals surface area contributed by atoms with E-state index in [1.54, 1.807) is 0 Å². The quantitative estimate of drug-likeness (QED) is 0.401. The number of para-hydroxylation sites is 1. The Kier molecular flexibility index (Phi) is 4.82. The fourth-order valence-corrected chi connectivity index (χ4v) is 0.845. The summed E-state index contributed by atoms with van der Waals surface area (Å²) in [5.74, 6) is 0. The second-order valence-electron chi connectivity index (χ2n) is 2.51. The average Bonchev–Trinajstić information content (AvgIpc) is 2.24. The summed E-state index contributed by atoms with van der Waals surface area (Å²) in [4.78, 5) is 0. The largest absolute Gasteiger partial charge is 0.375 e. The van der Waals surface area contributed by atoms with Crippen LogP contribution >= 0.6 is 12.2 Å². The second kappa shape index (κ2) is 6.50. The van der Waals surface area contributed by atoms with Gasteiger partial charge in [0.2, 0.25) is 0 Å². The number of nitrogens with two attached hydrogens (primary N) is 1. The van der Waals surface area contributed by atoms with Gasteiger partial charge in [-0.05, 0) is 24.4 Å². The maximum Gasteiger partial charge on any atom is 0.184 e. The van der Waals surface area contributed by atoms with Crippen LogP contribution in [0.1, 0.15) is 0 Å². The molecule has 0 spiro atoms. The fraction of sp³-hybridized carbons (Fsp3) is 0. The van der Waals surface area contributed by atoms with Gasteiger partial charge < -0.3 is 5.73 Å². The Bertz CT molecular complexity index is 360. The third-order valence-corrected chi connectivity index (χ3v) is 1.45. The molecular formula is C9H11N5S. The van der Waals surface area contributed by atoms with Gasteiger partial charge in [0, 0.05) is 0 Å². The number of rotatable bonds is 4. The molecule has 15 heavy (non-hydrogen) atoms. The normalized spacial score (nSPS) is 10.7. The van der Waals surface area contributed by atoms with Crippen molar-refractivity contribution in [2.45, 2.75) is 0 Å². The van der Waals surface area contributed by atoms with E-state index in [0.717, 1.165) is 5.69 Å². The minimum atomic E-state index is 0.121. The van der Waals surface area contributed by atoms with Gasteiger partial charge in [0.05, 0.1) is 18.1 Å². The highest BCUT2D eigenvalue weighted by Crippen LogP contribution is 2.03. The first-order valence-electron chi connectivity index (χ1n) is 4.20. The van der Waals surface area contributed by atoms with E-state index in [-0.39, 0.29) is 5.11 Å². The average molecular weight is 221 g/mol. The zero-order chi connectivity index (χ0) is 10.9. The van der Waals surface area contributed by atoms with Gasteiger partial charge in [-0.2, -0.15) is 10.2 Å². The van der Waals surface area contributed by atoms with Crippen molar-refractivity contribution in [3.63, 3.8) is 0 Å². The highest BCUT2D eigenvalue weighted by atomic mass is 32.1. The first-order chi connectivity index (χ1) is 7.29. The first kappa shape index (κ1) is 11.1. The predicted octanol–water partition coefficient (Wildman–Crippen LogP) is 0.903. The van der Waals surface area contributed by atoms with E-state index in [4.69, 9.17) is 5.73 Å². The molecule has 1 aromatic rings. The molecule has 0 saturated carbocycles. The van der Waals surface area contributed by atoms with Crippen LogP contribution < -0.4 is 16.6 Å². The Morgan fingerprint density at radius 1 is 1.20 bits per heavy atom. The molecule has 0 aliphatic rings. The molecule has 78 valence electrons. The molecule has 0 saturated heterocycles. The number of benzene rings is 1. The van der Waals surface area contributed by atoms with Crippen LogP contribution in [-0.2, 0) is 0 Å². The molecule has 5 nitrogen and oxygen atoms in total. The second-order valence-corrected chi connectivity index (χ2v) is 2.95. The minimum absolute atomic E-state index is 0.121. The Morgan fingerprint density at radius 3 is 2.53 bits per heavy atom. The minimum Gasteiger partial charge on any atom is -0.375 e. The zero-order valence-electron chi connectivity index (χ0n) is 7.92. The molecule has 0 unspecified atom stereocenters. The molecule has 4 N–H and O–H groups in total. The van der Waals surface area contributed by atoms with E-state index >= 15 is 0 Å². The van der Waals surface area contributed by atoms with Crippen LogP contribution in [0.4, 0.5) is 5.69 Å². The highest BCUT2D eigenvalue weighted by molar-refractivity contribution is 7.80. The molecular weight excluding hydrogens is 210 g/mol. The van der Waals surface area contributed by atoms with Crippen LogP contribution in [0.2, 0.25) is 0 Å². The lowest BCUT2D eigenvalue weighted by atomic mass is 10.3. The lowest BCUT2D eigenvalue weighted by Crippen LogP contribution is -2.24. The summed E-state index contributed by atoms with van der Waals surface area (Å²) in [5.41, 5.74) is 11.3. The molecule has 0 radical (unpaired) electrons. The van der Waals surface area contributed by atoms with Crippen molar-refractivity contribution >= 4 is 35.4 Å². The van der Waals surface area contributed by atoms with Gasteiger partial charge in [0.25, 0.3) is 0 Å². The summed E-state index contributed by atoms with van der Waals surface area (Å²) < 4.78 is 0. The zero-order valence-corrected chi connectivity index (χ0v) is 8.74. The summed E-state index contributed by atoms with van der Waals surface area (Å²) in [6.07, 6.45) is 2.92. The topological polar surface area (TPSA) is 74.8 Å². The van der Waals surface area contributed by atoms with Gasteiger partial charge in [-0.15, -0.1) is 0 Å². The van der Waals surface area contributed by atoms with Gasteiger partial charge >= 0.3 is 0 Å². The van der Waals surface area contributed by atoms with Crippen LogP contribution in [0.15, 0.2) is 40.5 Å². The molecule has 0 bridgehead atoms. The van der Waals surface area contributed by atoms with E-state index < -0.39 is 0 Å². The van der Waals surface area contributed by atoms with Crippen LogP contribution in [0.25, 0.3) is 0 Å². The summed E-state index contributed by atoms with van der Waals surface area (Å²) in [6, 6.07) is 9.58. The number of hydrogen-bond acceptors (Lipinski definition) is 4. The Labute approximate surface area is 93.1 Å². The predicted molar refractivity (Wildman–Crippen MR) is 67.0 cm³/mol. The molecule has 1 rings (SSSR count). The van der Waals surface area contributed by atoms with Gasteiger partial charge in [0.1, 0.15) is 0 Å². The monoisotopic (exact) mass is 221 g/mol. The maximum atomic E-state index is 5.14. The van der Waals surface area contributed by atoms with Crippen LogP contribution in [0, 0.1) is 0 Å². The number of nitrogens with one attached hydrogen (secondary N) is 2.